The number of nitrogens with one attached hydrogen (secondary N) is 2. The van der Waals surface area contributed by atoms with Gasteiger partial charge in [0.25, 0.3) is 11.5 Å². The van der Waals surface area contributed by atoms with Gasteiger partial charge in [-0.2, -0.15) is 0 Å². The van der Waals surface area contributed by atoms with Crippen LogP contribution in [0.15, 0.2) is 40.1 Å². The van der Waals surface area contributed by atoms with Gasteiger partial charge in [0.05, 0.1) is 0 Å². The Morgan fingerprint density at radius 1 is 1.33 bits per heavy atom. The van der Waals surface area contributed by atoms with Gasteiger partial charge in [0.2, 0.25) is 0 Å². The molecule has 0 aliphatic carbocycles. The lowest BCUT2D eigenvalue weighted by atomic mass is 10.0. The molecule has 1 amide bonds. The molecule has 2 N–H and O–H groups in total. The number of rotatable bonds is 3. The van der Waals surface area contributed by atoms with Gasteiger partial charge in [-0.3, -0.25) is 14.6 Å². The molecule has 0 aromatic carbocycles. The standard InChI is InChI=1S/C16H19N5O3/c1-20(15(23)12-9-14(22)19-16(24)18-12)11-5-4-8-21(10-11)13-6-2-3-7-17-13/h2-3,6-7,9,11H,4-5,8,10H2,1H3,(H2,18,19,22,24)/t11-/m0/s1. The predicted molar refractivity (Wildman–Crippen MR) is 89.2 cm³/mol. The largest absolute Gasteiger partial charge is 0.355 e. The third-order valence-corrected chi connectivity index (χ3v) is 4.23. The molecule has 2 aromatic heterocycles. The number of hydrogen-bond donors (Lipinski definition) is 2. The van der Waals surface area contributed by atoms with E-state index in [2.05, 4.69) is 19.9 Å². The van der Waals surface area contributed by atoms with Crippen molar-refractivity contribution in [1.29, 1.82) is 0 Å². The van der Waals surface area contributed by atoms with Crippen molar-refractivity contribution in [2.45, 2.75) is 18.9 Å². The van der Waals surface area contributed by atoms with Gasteiger partial charge in [-0.1, -0.05) is 6.07 Å². The van der Waals surface area contributed by atoms with Crippen LogP contribution in [-0.2, 0) is 0 Å². The number of nitrogens with zero attached hydrogens (tertiary/aromatic N) is 3. The monoisotopic (exact) mass is 329 g/mol. The quantitative estimate of drug-likeness (QED) is 0.837. The maximum atomic E-state index is 12.6. The van der Waals surface area contributed by atoms with E-state index >= 15 is 0 Å². The minimum atomic E-state index is -0.682. The second kappa shape index (κ2) is 6.69. The molecule has 8 nitrogen and oxygen atoms in total. The Bertz CT molecular complexity index is 801. The maximum Gasteiger partial charge on any atom is 0.326 e. The van der Waals surface area contributed by atoms with Gasteiger partial charge in [0.15, 0.2) is 0 Å². The van der Waals surface area contributed by atoms with E-state index in [0.29, 0.717) is 6.54 Å². The minimum Gasteiger partial charge on any atom is -0.355 e. The van der Waals surface area contributed by atoms with Crippen LogP contribution in [0.3, 0.4) is 0 Å². The number of amides is 1. The van der Waals surface area contributed by atoms with Crippen molar-refractivity contribution in [3.05, 3.63) is 57.0 Å². The van der Waals surface area contributed by atoms with Crippen molar-refractivity contribution in [2.24, 2.45) is 0 Å². The third kappa shape index (κ3) is 3.37. The Labute approximate surface area is 138 Å². The Kier molecular flexibility index (Phi) is 4.45. The number of likely N-dealkylation sites (N-methyl/N-ethyl adjacent to an activating group) is 1. The summed E-state index contributed by atoms with van der Waals surface area (Å²) in [6.07, 6.45) is 3.54. The molecular formula is C16H19N5O3. The number of hydrogen-bond acceptors (Lipinski definition) is 5. The highest BCUT2D eigenvalue weighted by Gasteiger charge is 2.27. The predicted octanol–water partition coefficient (Wildman–Crippen LogP) is 0.199. The van der Waals surface area contributed by atoms with E-state index in [1.165, 1.54) is 0 Å². The number of piperidine rings is 1. The van der Waals surface area contributed by atoms with E-state index in [0.717, 1.165) is 31.3 Å². The van der Waals surface area contributed by atoms with Crippen LogP contribution >= 0.6 is 0 Å². The van der Waals surface area contributed by atoms with Crippen molar-refractivity contribution in [3.8, 4) is 0 Å². The number of carbonyl (C=O) groups excluding carboxylic acids is 1. The van der Waals surface area contributed by atoms with Crippen LogP contribution in [0.2, 0.25) is 0 Å². The second-order valence-electron chi connectivity index (χ2n) is 5.85. The van der Waals surface area contributed by atoms with Gasteiger partial charge in [-0.05, 0) is 25.0 Å². The summed E-state index contributed by atoms with van der Waals surface area (Å²) in [5, 5.41) is 0. The summed E-state index contributed by atoms with van der Waals surface area (Å²) in [7, 11) is 1.69. The van der Waals surface area contributed by atoms with E-state index < -0.39 is 11.2 Å². The SMILES string of the molecule is CN(C(=O)c1cc(=O)[nH]c(=O)[nH]1)[C@H]1CCCN(c2ccccn2)C1. The van der Waals surface area contributed by atoms with Gasteiger partial charge < -0.3 is 14.8 Å². The van der Waals surface area contributed by atoms with Crippen molar-refractivity contribution in [2.75, 3.05) is 25.0 Å². The fourth-order valence-electron chi connectivity index (χ4n) is 2.96. The smallest absolute Gasteiger partial charge is 0.326 e. The van der Waals surface area contributed by atoms with E-state index in [4.69, 9.17) is 0 Å². The Morgan fingerprint density at radius 2 is 2.17 bits per heavy atom. The lowest BCUT2D eigenvalue weighted by Crippen LogP contribution is -2.49. The van der Waals surface area contributed by atoms with Crippen LogP contribution in [0, 0.1) is 0 Å². The first-order chi connectivity index (χ1) is 11.5. The van der Waals surface area contributed by atoms with E-state index in [9.17, 15) is 14.4 Å². The number of carbonyl (C=O) groups is 1. The third-order valence-electron chi connectivity index (χ3n) is 4.23. The highest BCUT2D eigenvalue weighted by molar-refractivity contribution is 5.92. The zero-order valence-corrected chi connectivity index (χ0v) is 13.4. The van der Waals surface area contributed by atoms with E-state index in [1.54, 1.807) is 18.1 Å². The minimum absolute atomic E-state index is 0.00112. The van der Waals surface area contributed by atoms with Crippen molar-refractivity contribution >= 4 is 11.7 Å². The first-order valence-electron chi connectivity index (χ1n) is 7.81. The van der Waals surface area contributed by atoms with Crippen LogP contribution in [0.25, 0.3) is 0 Å². The van der Waals surface area contributed by atoms with E-state index in [-0.39, 0.29) is 17.6 Å². The molecule has 0 radical (unpaired) electrons. The average molecular weight is 329 g/mol. The Hall–Kier alpha value is -2.90. The molecule has 8 heteroatoms. The Morgan fingerprint density at radius 3 is 2.88 bits per heavy atom. The summed E-state index contributed by atoms with van der Waals surface area (Å²) in [5.74, 6) is 0.513. The molecule has 126 valence electrons. The summed E-state index contributed by atoms with van der Waals surface area (Å²) < 4.78 is 0. The zero-order valence-electron chi connectivity index (χ0n) is 13.4. The fourth-order valence-corrected chi connectivity index (χ4v) is 2.96. The van der Waals surface area contributed by atoms with Gasteiger partial charge in [0.1, 0.15) is 11.5 Å². The highest BCUT2D eigenvalue weighted by atomic mass is 16.2. The molecule has 3 heterocycles. The fraction of sp³-hybridized carbons (Fsp3) is 0.375. The number of anilines is 1. The van der Waals surface area contributed by atoms with Crippen molar-refractivity contribution < 1.29 is 4.79 Å². The molecule has 0 saturated carbocycles. The molecule has 1 aliphatic heterocycles. The highest BCUT2D eigenvalue weighted by Crippen LogP contribution is 2.20. The number of aromatic amines is 2. The Balaban J connectivity index is 1.76. The van der Waals surface area contributed by atoms with E-state index in [1.807, 2.05) is 18.2 Å². The average Bonchev–Trinajstić information content (AvgIpc) is 2.60. The van der Waals surface area contributed by atoms with Crippen LogP contribution in [0.4, 0.5) is 5.82 Å². The lowest BCUT2D eigenvalue weighted by Gasteiger charge is -2.38. The summed E-state index contributed by atoms with van der Waals surface area (Å²) >= 11 is 0. The molecule has 3 rings (SSSR count). The van der Waals surface area contributed by atoms with Crippen LogP contribution in [0.1, 0.15) is 23.3 Å². The van der Waals surface area contributed by atoms with Crippen LogP contribution in [-0.4, -0.2) is 51.9 Å². The number of aromatic nitrogens is 3. The lowest BCUT2D eigenvalue weighted by molar-refractivity contribution is 0.0710. The summed E-state index contributed by atoms with van der Waals surface area (Å²) in [5.41, 5.74) is -1.27. The molecule has 0 unspecified atom stereocenters. The topological polar surface area (TPSA) is 102 Å². The van der Waals surface area contributed by atoms with Crippen molar-refractivity contribution in [3.63, 3.8) is 0 Å². The molecule has 0 bridgehead atoms. The molecule has 1 aliphatic rings. The molecule has 1 fully saturated rings. The first-order valence-corrected chi connectivity index (χ1v) is 7.81. The van der Waals surface area contributed by atoms with Gasteiger partial charge in [-0.25, -0.2) is 9.78 Å². The zero-order chi connectivity index (χ0) is 17.1. The molecule has 1 atom stereocenters. The molecular weight excluding hydrogens is 310 g/mol. The van der Waals surface area contributed by atoms with Crippen LogP contribution in [0.5, 0.6) is 0 Å². The van der Waals surface area contributed by atoms with Gasteiger partial charge in [-0.15, -0.1) is 0 Å². The molecule has 24 heavy (non-hydrogen) atoms. The van der Waals surface area contributed by atoms with Crippen LogP contribution < -0.4 is 16.1 Å². The van der Waals surface area contributed by atoms with Gasteiger partial charge >= 0.3 is 5.69 Å². The van der Waals surface area contributed by atoms with Crippen molar-refractivity contribution in [1.82, 2.24) is 19.9 Å². The normalized spacial score (nSPS) is 17.5. The second-order valence-corrected chi connectivity index (χ2v) is 5.85. The first kappa shape index (κ1) is 16.0. The summed E-state index contributed by atoms with van der Waals surface area (Å²) in [6.45, 7) is 1.55. The molecule has 2 aromatic rings. The summed E-state index contributed by atoms with van der Waals surface area (Å²) in [4.78, 5) is 47.8. The number of pyridine rings is 1. The maximum absolute atomic E-state index is 12.6. The molecule has 1 saturated heterocycles. The number of H-pyrrole nitrogens is 2. The summed E-state index contributed by atoms with van der Waals surface area (Å²) in [6, 6.07) is 6.83. The van der Waals surface area contributed by atoms with Gasteiger partial charge in [0, 0.05) is 38.4 Å². The molecule has 0 spiro atoms.